The molecule has 0 unspecified atom stereocenters. The fourth-order valence-corrected chi connectivity index (χ4v) is 2.72. The molecule has 0 spiro atoms. The summed E-state index contributed by atoms with van der Waals surface area (Å²) in [6, 6.07) is 20.3. The second-order valence-corrected chi connectivity index (χ2v) is 5.47. The molecule has 2 heteroatoms. The summed E-state index contributed by atoms with van der Waals surface area (Å²) in [4.78, 5) is 0. The summed E-state index contributed by atoms with van der Waals surface area (Å²) in [7, 11) is 0. The van der Waals surface area contributed by atoms with Gasteiger partial charge < -0.3 is 9.84 Å². The van der Waals surface area contributed by atoms with Crippen molar-refractivity contribution < 1.29 is 9.84 Å². The van der Waals surface area contributed by atoms with Crippen LogP contribution in [0.25, 0.3) is 6.08 Å². The van der Waals surface area contributed by atoms with Crippen molar-refractivity contribution in [3.8, 4) is 0 Å². The number of ether oxygens (including phenoxy) is 1. The van der Waals surface area contributed by atoms with Gasteiger partial charge in [0, 0.05) is 12.8 Å². The molecule has 1 fully saturated rings. The maximum Gasteiger partial charge on any atom is 0.0857 e. The molecular weight excluding hydrogens is 260 g/mol. The smallest absolute Gasteiger partial charge is 0.0857 e. The van der Waals surface area contributed by atoms with Crippen molar-refractivity contribution in [3.05, 3.63) is 77.9 Å². The van der Waals surface area contributed by atoms with Crippen LogP contribution in [0.2, 0.25) is 0 Å². The van der Waals surface area contributed by atoms with Crippen molar-refractivity contribution in [2.45, 2.75) is 31.2 Å². The maximum atomic E-state index is 10.1. The Morgan fingerprint density at radius 3 is 2.29 bits per heavy atom. The van der Waals surface area contributed by atoms with E-state index < -0.39 is 0 Å². The van der Waals surface area contributed by atoms with Gasteiger partial charge in [-0.1, -0.05) is 72.8 Å². The van der Waals surface area contributed by atoms with Gasteiger partial charge in [0.15, 0.2) is 0 Å². The molecule has 0 bridgehead atoms. The van der Waals surface area contributed by atoms with Gasteiger partial charge in [-0.25, -0.2) is 0 Å². The minimum atomic E-state index is -0.311. The predicted octanol–water partition coefficient (Wildman–Crippen LogP) is 3.98. The van der Waals surface area contributed by atoms with E-state index in [0.717, 1.165) is 11.1 Å². The Bertz CT molecular complexity index is 577. The van der Waals surface area contributed by atoms with Crippen molar-refractivity contribution in [3.63, 3.8) is 0 Å². The highest BCUT2D eigenvalue weighted by molar-refractivity contribution is 5.49. The van der Waals surface area contributed by atoms with Crippen molar-refractivity contribution in [2.24, 2.45) is 0 Å². The number of aliphatic hydroxyl groups is 1. The first kappa shape index (κ1) is 14.1. The van der Waals surface area contributed by atoms with Gasteiger partial charge in [0.2, 0.25) is 0 Å². The monoisotopic (exact) mass is 280 g/mol. The number of aliphatic hydroxyl groups excluding tert-OH is 1. The van der Waals surface area contributed by atoms with Gasteiger partial charge in [0.05, 0.1) is 18.3 Å². The summed E-state index contributed by atoms with van der Waals surface area (Å²) in [6.45, 7) is 0. The van der Waals surface area contributed by atoms with Crippen LogP contribution in [-0.2, 0) is 4.74 Å². The van der Waals surface area contributed by atoms with E-state index in [2.05, 4.69) is 30.3 Å². The zero-order chi connectivity index (χ0) is 14.5. The Balaban J connectivity index is 1.70. The predicted molar refractivity (Wildman–Crippen MR) is 84.8 cm³/mol. The molecule has 0 radical (unpaired) electrons. The molecule has 1 N–H and O–H groups in total. The van der Waals surface area contributed by atoms with E-state index in [0.29, 0.717) is 12.8 Å². The van der Waals surface area contributed by atoms with Gasteiger partial charge in [0.1, 0.15) is 0 Å². The average Bonchev–Trinajstić information content (AvgIpc) is 2.54. The van der Waals surface area contributed by atoms with Crippen LogP contribution >= 0.6 is 0 Å². The fourth-order valence-electron chi connectivity index (χ4n) is 2.72. The summed E-state index contributed by atoms with van der Waals surface area (Å²) in [5, 5.41) is 10.1. The van der Waals surface area contributed by atoms with Gasteiger partial charge in [-0.15, -0.1) is 0 Å². The molecule has 1 aliphatic heterocycles. The Kier molecular flexibility index (Phi) is 4.49. The molecule has 2 nitrogen and oxygen atoms in total. The summed E-state index contributed by atoms with van der Waals surface area (Å²) < 4.78 is 6.12. The van der Waals surface area contributed by atoms with Crippen LogP contribution in [0.3, 0.4) is 0 Å². The first-order valence-electron chi connectivity index (χ1n) is 7.43. The number of hydrogen-bond donors (Lipinski definition) is 1. The first-order chi connectivity index (χ1) is 10.3. The third kappa shape index (κ3) is 3.81. The SMILES string of the molecule is O[C@@H]1C[C@@H](/C=C/c2ccccc2)O[C@H](c2ccccc2)C1. The molecule has 108 valence electrons. The number of hydrogen-bond acceptors (Lipinski definition) is 2. The number of benzene rings is 2. The molecule has 0 aliphatic carbocycles. The Hall–Kier alpha value is -1.90. The van der Waals surface area contributed by atoms with E-state index in [-0.39, 0.29) is 18.3 Å². The molecule has 0 saturated carbocycles. The highest BCUT2D eigenvalue weighted by Gasteiger charge is 2.27. The molecule has 0 amide bonds. The lowest BCUT2D eigenvalue weighted by Crippen LogP contribution is -2.30. The third-order valence-electron chi connectivity index (χ3n) is 3.80. The number of rotatable bonds is 3. The lowest BCUT2D eigenvalue weighted by Gasteiger charge is -2.32. The van der Waals surface area contributed by atoms with Crippen LogP contribution in [-0.4, -0.2) is 17.3 Å². The second-order valence-electron chi connectivity index (χ2n) is 5.47. The molecule has 3 atom stereocenters. The Labute approximate surface area is 125 Å². The highest BCUT2D eigenvalue weighted by atomic mass is 16.5. The summed E-state index contributed by atoms with van der Waals surface area (Å²) in [6.07, 6.45) is 5.05. The van der Waals surface area contributed by atoms with Crippen LogP contribution in [0.4, 0.5) is 0 Å². The molecule has 0 aromatic heterocycles. The summed E-state index contributed by atoms with van der Waals surface area (Å²) >= 11 is 0. The molecule has 1 aliphatic rings. The van der Waals surface area contributed by atoms with Crippen molar-refractivity contribution in [1.82, 2.24) is 0 Å². The Morgan fingerprint density at radius 1 is 0.905 bits per heavy atom. The van der Waals surface area contributed by atoms with E-state index in [9.17, 15) is 5.11 Å². The van der Waals surface area contributed by atoms with Crippen LogP contribution in [0.1, 0.15) is 30.1 Å². The molecule has 1 heterocycles. The van der Waals surface area contributed by atoms with Gasteiger partial charge in [0.25, 0.3) is 0 Å². The average molecular weight is 280 g/mol. The molecule has 1 saturated heterocycles. The second kappa shape index (κ2) is 6.70. The topological polar surface area (TPSA) is 29.5 Å². The lowest BCUT2D eigenvalue weighted by atomic mass is 9.95. The third-order valence-corrected chi connectivity index (χ3v) is 3.80. The minimum absolute atomic E-state index is 0.0274. The summed E-state index contributed by atoms with van der Waals surface area (Å²) in [5.74, 6) is 0. The quantitative estimate of drug-likeness (QED) is 0.921. The van der Waals surface area contributed by atoms with Crippen LogP contribution in [0.5, 0.6) is 0 Å². The van der Waals surface area contributed by atoms with E-state index in [1.807, 2.05) is 42.5 Å². The normalized spacial score (nSPS) is 26.0. The maximum absolute atomic E-state index is 10.1. The molecule has 2 aromatic rings. The molecular formula is C19H20O2. The first-order valence-corrected chi connectivity index (χ1v) is 7.43. The van der Waals surface area contributed by atoms with Crippen molar-refractivity contribution in [2.75, 3.05) is 0 Å². The van der Waals surface area contributed by atoms with Gasteiger partial charge in [-0.05, 0) is 11.1 Å². The highest BCUT2D eigenvalue weighted by Crippen LogP contribution is 2.32. The summed E-state index contributed by atoms with van der Waals surface area (Å²) in [5.41, 5.74) is 2.28. The Morgan fingerprint density at radius 2 is 1.57 bits per heavy atom. The van der Waals surface area contributed by atoms with Gasteiger partial charge in [-0.2, -0.15) is 0 Å². The van der Waals surface area contributed by atoms with E-state index >= 15 is 0 Å². The minimum Gasteiger partial charge on any atom is -0.393 e. The molecule has 2 aromatic carbocycles. The van der Waals surface area contributed by atoms with E-state index in [1.165, 1.54) is 0 Å². The van der Waals surface area contributed by atoms with Crippen LogP contribution < -0.4 is 0 Å². The van der Waals surface area contributed by atoms with Gasteiger partial charge in [-0.3, -0.25) is 0 Å². The standard InChI is InChI=1S/C19H20O2/c20-17-13-18(12-11-15-7-3-1-4-8-15)21-19(14-17)16-9-5-2-6-10-16/h1-12,17-20H,13-14H2/b12-11+/t17-,18-,19+/m1/s1. The van der Waals surface area contributed by atoms with E-state index in [4.69, 9.17) is 4.74 Å². The molecule has 21 heavy (non-hydrogen) atoms. The van der Waals surface area contributed by atoms with Gasteiger partial charge >= 0.3 is 0 Å². The van der Waals surface area contributed by atoms with E-state index in [1.54, 1.807) is 0 Å². The van der Waals surface area contributed by atoms with Crippen molar-refractivity contribution >= 4 is 6.08 Å². The van der Waals surface area contributed by atoms with Crippen LogP contribution in [0.15, 0.2) is 66.7 Å². The largest absolute Gasteiger partial charge is 0.393 e. The zero-order valence-corrected chi connectivity index (χ0v) is 11.9. The fraction of sp³-hybridized carbons (Fsp3) is 0.263. The van der Waals surface area contributed by atoms with Crippen LogP contribution in [0, 0.1) is 0 Å². The lowest BCUT2D eigenvalue weighted by molar-refractivity contribution is -0.0774. The molecule has 3 rings (SSSR count). The zero-order valence-electron chi connectivity index (χ0n) is 11.9. The van der Waals surface area contributed by atoms with Crippen molar-refractivity contribution in [1.29, 1.82) is 0 Å².